The monoisotopic (exact) mass is 541 g/mol. The molecule has 0 aromatic heterocycles. The maximum atomic E-state index is 5.69. The zero-order valence-electron chi connectivity index (χ0n) is 19.3. The predicted molar refractivity (Wildman–Crippen MR) is 138 cm³/mol. The number of hydrogen-bond donors (Lipinski definition) is 3. The number of aliphatic imine (C=N–C) groups is 1. The molecular weight excluding hydrogens is 501 g/mol. The average Bonchev–Trinajstić information content (AvgIpc) is 3.55. The van der Waals surface area contributed by atoms with Gasteiger partial charge >= 0.3 is 0 Å². The van der Waals surface area contributed by atoms with Gasteiger partial charge in [-0.05, 0) is 51.5 Å². The van der Waals surface area contributed by atoms with E-state index in [9.17, 15) is 0 Å². The van der Waals surface area contributed by atoms with Crippen LogP contribution in [0.4, 0.5) is 0 Å². The molecule has 0 amide bonds. The maximum absolute atomic E-state index is 5.69. The molecule has 3 N–H and O–H groups in total. The summed E-state index contributed by atoms with van der Waals surface area (Å²) in [7, 11) is 1.88. The normalized spacial score (nSPS) is 27.4. The molecule has 1 aromatic rings. The summed E-state index contributed by atoms with van der Waals surface area (Å²) in [6.45, 7) is 8.21. The van der Waals surface area contributed by atoms with E-state index in [4.69, 9.17) is 4.74 Å². The Labute approximate surface area is 205 Å². The second kappa shape index (κ2) is 11.3. The predicted octanol–water partition coefficient (Wildman–Crippen LogP) is 3.29. The molecule has 3 aliphatic rings. The van der Waals surface area contributed by atoms with Crippen LogP contribution >= 0.6 is 24.0 Å². The summed E-state index contributed by atoms with van der Waals surface area (Å²) < 4.78 is 5.69. The van der Waals surface area contributed by atoms with Crippen molar-refractivity contribution in [2.24, 2.45) is 4.99 Å². The molecule has 0 bridgehead atoms. The third-order valence-electron chi connectivity index (χ3n) is 7.07. The van der Waals surface area contributed by atoms with E-state index >= 15 is 0 Å². The van der Waals surface area contributed by atoms with E-state index in [1.165, 1.54) is 24.8 Å². The van der Waals surface area contributed by atoms with Crippen LogP contribution in [-0.4, -0.2) is 67.9 Å². The smallest absolute Gasteiger partial charge is 0.191 e. The molecule has 31 heavy (non-hydrogen) atoms. The number of nitrogens with zero attached hydrogens (tertiary/aromatic N) is 2. The Morgan fingerprint density at radius 1 is 1.23 bits per heavy atom. The highest BCUT2D eigenvalue weighted by Crippen LogP contribution is 2.33. The summed E-state index contributed by atoms with van der Waals surface area (Å²) >= 11 is 0. The summed E-state index contributed by atoms with van der Waals surface area (Å²) in [6, 6.07) is 13.0. The molecule has 3 fully saturated rings. The minimum Gasteiger partial charge on any atom is -0.381 e. The molecule has 1 aromatic carbocycles. The van der Waals surface area contributed by atoms with Crippen molar-refractivity contribution in [2.75, 3.05) is 33.4 Å². The topological polar surface area (TPSA) is 60.9 Å². The van der Waals surface area contributed by atoms with E-state index in [-0.39, 0.29) is 29.5 Å². The Balaban J connectivity index is 0.00000272. The molecule has 6 nitrogen and oxygen atoms in total. The van der Waals surface area contributed by atoms with E-state index in [0.717, 1.165) is 51.1 Å². The third-order valence-corrected chi connectivity index (χ3v) is 7.07. The van der Waals surface area contributed by atoms with Gasteiger partial charge in [-0.25, -0.2) is 0 Å². The van der Waals surface area contributed by atoms with Gasteiger partial charge in [0.25, 0.3) is 0 Å². The Hall–Kier alpha value is -0.900. The number of hydrogen-bond acceptors (Lipinski definition) is 4. The molecule has 3 unspecified atom stereocenters. The van der Waals surface area contributed by atoms with Crippen molar-refractivity contribution in [3.05, 3.63) is 35.9 Å². The van der Waals surface area contributed by atoms with Crippen LogP contribution in [0.1, 0.15) is 57.6 Å². The molecule has 1 aliphatic carbocycles. The number of guanidine groups is 1. The van der Waals surface area contributed by atoms with Gasteiger partial charge in [0, 0.05) is 63.1 Å². The van der Waals surface area contributed by atoms with Crippen LogP contribution in [0, 0.1) is 0 Å². The van der Waals surface area contributed by atoms with Gasteiger partial charge in [0.1, 0.15) is 0 Å². The largest absolute Gasteiger partial charge is 0.381 e. The van der Waals surface area contributed by atoms with Crippen LogP contribution in [0.3, 0.4) is 0 Å². The van der Waals surface area contributed by atoms with Crippen LogP contribution in [0.15, 0.2) is 35.3 Å². The first-order valence-electron chi connectivity index (χ1n) is 11.7. The highest BCUT2D eigenvalue weighted by molar-refractivity contribution is 14.0. The first-order chi connectivity index (χ1) is 14.6. The maximum Gasteiger partial charge on any atom is 0.191 e. The van der Waals surface area contributed by atoms with Crippen molar-refractivity contribution in [1.82, 2.24) is 20.9 Å². The Bertz CT molecular complexity index is 705. The van der Waals surface area contributed by atoms with Crippen LogP contribution in [0.5, 0.6) is 0 Å². The molecule has 0 spiro atoms. The molecule has 2 aliphatic heterocycles. The number of rotatable bonds is 7. The lowest BCUT2D eigenvalue weighted by molar-refractivity contribution is 0.0354. The van der Waals surface area contributed by atoms with Crippen LogP contribution in [0.25, 0.3) is 0 Å². The molecular formula is C24H40IN5O. The van der Waals surface area contributed by atoms with Crippen molar-refractivity contribution in [3.63, 3.8) is 0 Å². The highest BCUT2D eigenvalue weighted by atomic mass is 127. The number of ether oxygens (including phenoxy) is 1. The van der Waals surface area contributed by atoms with Crippen molar-refractivity contribution < 1.29 is 4.74 Å². The first-order valence-corrected chi connectivity index (χ1v) is 11.7. The molecule has 1 saturated carbocycles. The fourth-order valence-electron chi connectivity index (χ4n) is 5.14. The molecule has 0 radical (unpaired) electrons. The lowest BCUT2D eigenvalue weighted by Crippen LogP contribution is -2.59. The van der Waals surface area contributed by atoms with E-state index in [0.29, 0.717) is 18.1 Å². The van der Waals surface area contributed by atoms with Crippen LogP contribution < -0.4 is 16.0 Å². The molecule has 4 rings (SSSR count). The molecule has 2 saturated heterocycles. The SMILES string of the molecule is CN=C(NCC1(NC(C)c2ccccc2)CCOCC1)NC1CC(C)N(C2CC2)C1.I. The number of nitrogens with one attached hydrogen (secondary N) is 3. The first kappa shape index (κ1) is 24.7. The minimum atomic E-state index is 0. The van der Waals surface area contributed by atoms with E-state index in [1.807, 2.05) is 7.05 Å². The van der Waals surface area contributed by atoms with Gasteiger partial charge in [0.05, 0.1) is 0 Å². The highest BCUT2D eigenvalue weighted by Gasteiger charge is 2.39. The zero-order valence-corrected chi connectivity index (χ0v) is 21.6. The fourth-order valence-corrected chi connectivity index (χ4v) is 5.14. The molecule has 2 heterocycles. The summed E-state index contributed by atoms with van der Waals surface area (Å²) in [5, 5.41) is 11.3. The van der Waals surface area contributed by atoms with E-state index in [2.05, 4.69) is 70.0 Å². The van der Waals surface area contributed by atoms with Crippen LogP contribution in [-0.2, 0) is 4.74 Å². The quantitative estimate of drug-likeness (QED) is 0.281. The number of benzene rings is 1. The van der Waals surface area contributed by atoms with Gasteiger partial charge in [-0.15, -0.1) is 24.0 Å². The van der Waals surface area contributed by atoms with Gasteiger partial charge in [-0.3, -0.25) is 9.89 Å². The second-order valence-corrected chi connectivity index (χ2v) is 9.45. The number of likely N-dealkylation sites (tertiary alicyclic amines) is 1. The van der Waals surface area contributed by atoms with Crippen molar-refractivity contribution in [1.29, 1.82) is 0 Å². The standard InChI is InChI=1S/C24H39N5O.HI/c1-18-15-21(16-29(18)22-9-10-22)27-23(25-3)26-17-24(11-13-30-14-12-24)28-19(2)20-7-5-4-6-8-20;/h4-8,18-19,21-22,28H,9-17H2,1-3H3,(H2,25,26,27);1H. The van der Waals surface area contributed by atoms with Crippen LogP contribution in [0.2, 0.25) is 0 Å². The van der Waals surface area contributed by atoms with Gasteiger partial charge in [0.2, 0.25) is 0 Å². The van der Waals surface area contributed by atoms with Gasteiger partial charge in [-0.2, -0.15) is 0 Å². The van der Waals surface area contributed by atoms with Gasteiger partial charge < -0.3 is 20.7 Å². The van der Waals surface area contributed by atoms with Gasteiger partial charge in [-0.1, -0.05) is 30.3 Å². The summed E-state index contributed by atoms with van der Waals surface area (Å²) in [5.74, 6) is 0.921. The molecule has 7 heteroatoms. The Kier molecular flexibility index (Phi) is 9.01. The Morgan fingerprint density at radius 2 is 1.94 bits per heavy atom. The van der Waals surface area contributed by atoms with Gasteiger partial charge in [0.15, 0.2) is 5.96 Å². The van der Waals surface area contributed by atoms with E-state index < -0.39 is 0 Å². The minimum absolute atomic E-state index is 0. The van der Waals surface area contributed by atoms with E-state index in [1.54, 1.807) is 0 Å². The van der Waals surface area contributed by atoms with Crippen molar-refractivity contribution >= 4 is 29.9 Å². The average molecular weight is 542 g/mol. The molecule has 174 valence electrons. The van der Waals surface area contributed by atoms with Crippen molar-refractivity contribution in [2.45, 2.75) is 75.7 Å². The zero-order chi connectivity index (χ0) is 21.0. The lowest BCUT2D eigenvalue weighted by Gasteiger charge is -2.41. The summed E-state index contributed by atoms with van der Waals surface area (Å²) in [4.78, 5) is 7.21. The van der Waals surface area contributed by atoms with Crippen molar-refractivity contribution in [3.8, 4) is 0 Å². The second-order valence-electron chi connectivity index (χ2n) is 9.45. The third kappa shape index (κ3) is 6.55. The fraction of sp³-hybridized carbons (Fsp3) is 0.708. The Morgan fingerprint density at radius 3 is 2.58 bits per heavy atom. The summed E-state index contributed by atoms with van der Waals surface area (Å²) in [5.41, 5.74) is 1.33. The summed E-state index contributed by atoms with van der Waals surface area (Å²) in [6.07, 6.45) is 5.95. The molecule has 3 atom stereocenters. The number of halogens is 1. The lowest BCUT2D eigenvalue weighted by atomic mass is 9.88.